The lowest BCUT2D eigenvalue weighted by atomic mass is 10.2. The van der Waals surface area contributed by atoms with E-state index in [-0.39, 0.29) is 0 Å². The fraction of sp³-hybridized carbons (Fsp3) is 0.350. The third-order valence-corrected chi connectivity index (χ3v) is 5.13. The second kappa shape index (κ2) is 7.00. The first-order valence-corrected chi connectivity index (χ1v) is 9.19. The molecule has 0 spiro atoms. The first kappa shape index (κ1) is 17.5. The SMILES string of the molecule is Cc1cc(CN2CCc3c(C(N)=O)nc(-c4ccccc4)n3CC2)n(C)n1. The molecule has 7 nitrogen and oxygen atoms in total. The van der Waals surface area contributed by atoms with Gasteiger partial charge in [-0.2, -0.15) is 5.10 Å². The van der Waals surface area contributed by atoms with Crippen LogP contribution < -0.4 is 5.73 Å². The van der Waals surface area contributed by atoms with Crippen molar-refractivity contribution in [1.29, 1.82) is 0 Å². The molecule has 0 saturated heterocycles. The number of imidazole rings is 1. The monoisotopic (exact) mass is 364 g/mol. The maximum atomic E-state index is 12.0. The minimum atomic E-state index is -0.461. The zero-order chi connectivity index (χ0) is 19.0. The van der Waals surface area contributed by atoms with Crippen LogP contribution >= 0.6 is 0 Å². The fourth-order valence-corrected chi connectivity index (χ4v) is 3.80. The van der Waals surface area contributed by atoms with Gasteiger partial charge in [-0.15, -0.1) is 0 Å². The molecule has 1 aliphatic heterocycles. The standard InChI is InChI=1S/C20H24N6O/c1-14-12-16(24(2)23-14)13-25-9-8-17-18(19(21)27)22-20(26(17)11-10-25)15-6-4-3-5-7-15/h3-7,12H,8-11,13H2,1-2H3,(H2,21,27). The first-order chi connectivity index (χ1) is 13.0. The number of carbonyl (C=O) groups excluding carboxylic acids is 1. The molecule has 0 atom stereocenters. The summed E-state index contributed by atoms with van der Waals surface area (Å²) in [5.41, 5.74) is 10.2. The van der Waals surface area contributed by atoms with E-state index in [2.05, 4.69) is 25.6 Å². The molecule has 27 heavy (non-hydrogen) atoms. The molecule has 140 valence electrons. The molecule has 4 rings (SSSR count). The van der Waals surface area contributed by atoms with Crippen LogP contribution in [0.1, 0.15) is 27.6 Å². The summed E-state index contributed by atoms with van der Waals surface area (Å²) in [5.74, 6) is 0.356. The zero-order valence-electron chi connectivity index (χ0n) is 15.7. The summed E-state index contributed by atoms with van der Waals surface area (Å²) in [4.78, 5) is 18.9. The van der Waals surface area contributed by atoms with Crippen LogP contribution in [0, 0.1) is 6.92 Å². The number of carbonyl (C=O) groups is 1. The highest BCUT2D eigenvalue weighted by molar-refractivity contribution is 5.93. The van der Waals surface area contributed by atoms with Crippen LogP contribution in [0.5, 0.6) is 0 Å². The summed E-state index contributed by atoms with van der Waals surface area (Å²) in [6.45, 7) is 5.35. The number of aryl methyl sites for hydroxylation is 2. The summed E-state index contributed by atoms with van der Waals surface area (Å²) < 4.78 is 4.09. The number of amides is 1. The van der Waals surface area contributed by atoms with Crippen LogP contribution in [0.15, 0.2) is 36.4 Å². The van der Waals surface area contributed by atoms with Gasteiger partial charge in [0.25, 0.3) is 5.91 Å². The van der Waals surface area contributed by atoms with Gasteiger partial charge >= 0.3 is 0 Å². The Morgan fingerprint density at radius 3 is 2.63 bits per heavy atom. The molecule has 2 aromatic heterocycles. The van der Waals surface area contributed by atoms with E-state index < -0.39 is 5.91 Å². The van der Waals surface area contributed by atoms with Crippen molar-refractivity contribution in [2.45, 2.75) is 26.4 Å². The van der Waals surface area contributed by atoms with E-state index in [0.717, 1.165) is 55.4 Å². The van der Waals surface area contributed by atoms with Gasteiger partial charge in [0.05, 0.1) is 17.1 Å². The molecule has 3 heterocycles. The van der Waals surface area contributed by atoms with E-state index in [9.17, 15) is 4.79 Å². The van der Waals surface area contributed by atoms with E-state index in [1.807, 2.05) is 49.0 Å². The van der Waals surface area contributed by atoms with Crippen LogP contribution in [0.3, 0.4) is 0 Å². The van der Waals surface area contributed by atoms with Gasteiger partial charge < -0.3 is 10.3 Å². The minimum Gasteiger partial charge on any atom is -0.364 e. The van der Waals surface area contributed by atoms with Gasteiger partial charge in [0.2, 0.25) is 0 Å². The minimum absolute atomic E-state index is 0.395. The van der Waals surface area contributed by atoms with Crippen molar-refractivity contribution in [3.8, 4) is 11.4 Å². The van der Waals surface area contributed by atoms with Gasteiger partial charge in [0, 0.05) is 45.2 Å². The van der Waals surface area contributed by atoms with Crippen LogP contribution in [0.4, 0.5) is 0 Å². The first-order valence-electron chi connectivity index (χ1n) is 9.19. The third kappa shape index (κ3) is 3.38. The van der Waals surface area contributed by atoms with E-state index in [0.29, 0.717) is 5.69 Å². The van der Waals surface area contributed by atoms with Gasteiger partial charge in [-0.05, 0) is 13.0 Å². The van der Waals surface area contributed by atoms with Crippen molar-refractivity contribution < 1.29 is 4.79 Å². The molecule has 3 aromatic rings. The Bertz CT molecular complexity index is 972. The van der Waals surface area contributed by atoms with Gasteiger partial charge in [0.1, 0.15) is 11.5 Å². The van der Waals surface area contributed by atoms with Crippen molar-refractivity contribution in [1.82, 2.24) is 24.2 Å². The molecule has 1 aliphatic rings. The molecule has 0 radical (unpaired) electrons. The quantitative estimate of drug-likeness (QED) is 0.765. The maximum Gasteiger partial charge on any atom is 0.269 e. The number of nitrogens with two attached hydrogens (primary N) is 1. The van der Waals surface area contributed by atoms with Crippen molar-refractivity contribution in [3.63, 3.8) is 0 Å². The van der Waals surface area contributed by atoms with Crippen LogP contribution in [0.2, 0.25) is 0 Å². The van der Waals surface area contributed by atoms with Crippen LogP contribution in [0.25, 0.3) is 11.4 Å². The highest BCUT2D eigenvalue weighted by atomic mass is 16.1. The Labute approximate surface area is 158 Å². The molecule has 1 aromatic carbocycles. The van der Waals surface area contributed by atoms with E-state index >= 15 is 0 Å². The molecule has 0 aliphatic carbocycles. The van der Waals surface area contributed by atoms with Gasteiger partial charge in [-0.1, -0.05) is 30.3 Å². The Morgan fingerprint density at radius 1 is 1.19 bits per heavy atom. The number of benzene rings is 1. The van der Waals surface area contributed by atoms with Gasteiger partial charge in [-0.3, -0.25) is 14.4 Å². The van der Waals surface area contributed by atoms with Gasteiger partial charge in [0.15, 0.2) is 0 Å². The molecule has 0 saturated carbocycles. The normalized spacial score (nSPS) is 14.7. The molecule has 0 bridgehead atoms. The fourth-order valence-electron chi connectivity index (χ4n) is 3.80. The Morgan fingerprint density at radius 2 is 1.96 bits per heavy atom. The topological polar surface area (TPSA) is 82.0 Å². The molecule has 0 fully saturated rings. The Balaban J connectivity index is 1.63. The molecular weight excluding hydrogens is 340 g/mol. The van der Waals surface area contributed by atoms with E-state index in [1.54, 1.807) is 0 Å². The highest BCUT2D eigenvalue weighted by Crippen LogP contribution is 2.25. The van der Waals surface area contributed by atoms with Gasteiger partial charge in [-0.25, -0.2) is 4.98 Å². The number of rotatable bonds is 4. The summed E-state index contributed by atoms with van der Waals surface area (Å²) >= 11 is 0. The molecule has 7 heteroatoms. The number of hydrogen-bond acceptors (Lipinski definition) is 4. The van der Waals surface area contributed by atoms with Crippen LogP contribution in [-0.2, 0) is 26.6 Å². The molecular formula is C20H24N6O. The van der Waals surface area contributed by atoms with Crippen molar-refractivity contribution in [3.05, 3.63) is 59.2 Å². The van der Waals surface area contributed by atoms with E-state index in [4.69, 9.17) is 5.73 Å². The van der Waals surface area contributed by atoms with Crippen LogP contribution in [-0.4, -0.2) is 43.2 Å². The molecule has 2 N–H and O–H groups in total. The molecule has 1 amide bonds. The Kier molecular flexibility index (Phi) is 4.53. The number of nitrogens with zero attached hydrogens (tertiary/aromatic N) is 5. The smallest absolute Gasteiger partial charge is 0.269 e. The lowest BCUT2D eigenvalue weighted by Crippen LogP contribution is -2.27. The largest absolute Gasteiger partial charge is 0.364 e. The van der Waals surface area contributed by atoms with Crippen molar-refractivity contribution in [2.24, 2.45) is 12.8 Å². The predicted molar refractivity (Wildman–Crippen MR) is 103 cm³/mol. The molecule has 0 unspecified atom stereocenters. The lowest BCUT2D eigenvalue weighted by molar-refractivity contribution is 0.0995. The number of primary amides is 1. The average Bonchev–Trinajstić information content (AvgIpc) is 3.09. The number of aromatic nitrogens is 4. The summed E-state index contributed by atoms with van der Waals surface area (Å²) in [5, 5.41) is 4.43. The average molecular weight is 364 g/mol. The lowest BCUT2D eigenvalue weighted by Gasteiger charge is -2.19. The maximum absolute atomic E-state index is 12.0. The zero-order valence-corrected chi connectivity index (χ0v) is 15.7. The second-order valence-electron chi connectivity index (χ2n) is 7.04. The summed E-state index contributed by atoms with van der Waals surface area (Å²) in [7, 11) is 1.98. The summed E-state index contributed by atoms with van der Waals surface area (Å²) in [6, 6.07) is 12.1. The highest BCUT2D eigenvalue weighted by Gasteiger charge is 2.25. The predicted octanol–water partition coefficient (Wildman–Crippen LogP) is 1.75. The number of hydrogen-bond donors (Lipinski definition) is 1. The van der Waals surface area contributed by atoms with Crippen molar-refractivity contribution >= 4 is 5.91 Å². The second-order valence-corrected chi connectivity index (χ2v) is 7.04. The van der Waals surface area contributed by atoms with Crippen molar-refractivity contribution in [2.75, 3.05) is 13.1 Å². The number of fused-ring (bicyclic) bond motifs is 1. The summed E-state index contributed by atoms with van der Waals surface area (Å²) in [6.07, 6.45) is 0.745. The van der Waals surface area contributed by atoms with E-state index in [1.165, 1.54) is 5.69 Å². The third-order valence-electron chi connectivity index (χ3n) is 5.13. The Hall–Kier alpha value is -2.93.